The first-order valence-electron chi connectivity index (χ1n) is 15.2. The van der Waals surface area contributed by atoms with Gasteiger partial charge < -0.3 is 0 Å². The summed E-state index contributed by atoms with van der Waals surface area (Å²) in [4.78, 5) is 24.7. The molecule has 0 bridgehead atoms. The van der Waals surface area contributed by atoms with E-state index in [1.54, 1.807) is 6.20 Å². The van der Waals surface area contributed by atoms with Gasteiger partial charge in [0.2, 0.25) is 0 Å². The molecule has 0 amide bonds. The number of fused-ring (bicyclic) bond motifs is 5. The third kappa shape index (κ3) is 4.62. The fourth-order valence-electron chi connectivity index (χ4n) is 6.07. The fourth-order valence-corrected chi connectivity index (χ4v) is 6.07. The summed E-state index contributed by atoms with van der Waals surface area (Å²) in [6.07, 6.45) is 1.79. The Hall–Kier alpha value is -6.33. The zero-order valence-corrected chi connectivity index (χ0v) is 24.7. The highest BCUT2D eigenvalue weighted by atomic mass is 14.8. The van der Waals surface area contributed by atoms with Gasteiger partial charge in [-0.1, -0.05) is 97.1 Å². The first kappa shape index (κ1) is 26.1. The van der Waals surface area contributed by atoms with Gasteiger partial charge in [0.1, 0.15) is 0 Å². The van der Waals surface area contributed by atoms with Gasteiger partial charge in [-0.05, 0) is 48.5 Å². The summed E-state index contributed by atoms with van der Waals surface area (Å²) in [7, 11) is 0. The van der Waals surface area contributed by atoms with E-state index in [0.717, 1.165) is 88.8 Å². The number of hydrogen-bond donors (Lipinski definition) is 0. The predicted octanol–water partition coefficient (Wildman–Crippen LogP) is 9.94. The Morgan fingerprint density at radius 1 is 0.304 bits per heavy atom. The molecule has 0 unspecified atom stereocenters. The van der Waals surface area contributed by atoms with Gasteiger partial charge in [-0.15, -0.1) is 0 Å². The predicted molar refractivity (Wildman–Crippen MR) is 187 cm³/mol. The second-order valence-electron chi connectivity index (χ2n) is 11.4. The average molecular weight is 588 g/mol. The molecule has 0 saturated carbocycles. The molecule has 5 heteroatoms. The molecule has 0 saturated heterocycles. The average Bonchev–Trinajstić information content (AvgIpc) is 3.14. The smallest absolute Gasteiger partial charge is 0.0972 e. The van der Waals surface area contributed by atoms with Crippen molar-refractivity contribution in [3.05, 3.63) is 152 Å². The Kier molecular flexibility index (Phi) is 6.06. The molecule has 5 aromatic heterocycles. The first-order valence-corrected chi connectivity index (χ1v) is 15.2. The number of aromatic nitrogens is 5. The molecule has 4 aromatic carbocycles. The summed E-state index contributed by atoms with van der Waals surface area (Å²) in [6, 6.07) is 49.7. The number of benzene rings is 4. The Balaban J connectivity index is 1.11. The van der Waals surface area contributed by atoms with Gasteiger partial charge in [0, 0.05) is 44.4 Å². The standard InChI is InChI=1S/C41H25N5/c1-2-6-26(7-3-1)33-20-17-29-11-12-30-18-21-35(46-41(30)40(29)45-33)32-14-10-27-15-19-34(43-38(27)25-32)31-13-9-28-16-22-37(44-39(28)24-31)36-8-4-5-23-42-36/h1-25H. The second kappa shape index (κ2) is 10.7. The van der Waals surface area contributed by atoms with Crippen molar-refractivity contribution >= 4 is 43.6 Å². The van der Waals surface area contributed by atoms with E-state index in [0.29, 0.717) is 0 Å². The molecule has 0 N–H and O–H groups in total. The third-order valence-electron chi connectivity index (χ3n) is 8.49. The van der Waals surface area contributed by atoms with Crippen LogP contribution in [-0.4, -0.2) is 24.9 Å². The van der Waals surface area contributed by atoms with Crippen molar-refractivity contribution in [3.63, 3.8) is 0 Å². The Bertz CT molecular complexity index is 2580. The topological polar surface area (TPSA) is 64.5 Å². The second-order valence-corrected chi connectivity index (χ2v) is 11.4. The highest BCUT2D eigenvalue weighted by Crippen LogP contribution is 2.31. The first-order chi connectivity index (χ1) is 22.7. The lowest BCUT2D eigenvalue weighted by Crippen LogP contribution is -1.92. The molecule has 0 radical (unpaired) electrons. The minimum atomic E-state index is 0.850. The van der Waals surface area contributed by atoms with Crippen molar-refractivity contribution in [2.45, 2.75) is 0 Å². The molecule has 0 aliphatic heterocycles. The minimum absolute atomic E-state index is 0.850. The molecule has 0 spiro atoms. The normalized spacial score (nSPS) is 11.5. The van der Waals surface area contributed by atoms with Crippen molar-refractivity contribution in [3.8, 4) is 45.2 Å². The number of nitrogens with zero attached hydrogens (tertiary/aromatic N) is 5. The summed E-state index contributed by atoms with van der Waals surface area (Å²) in [5, 5.41) is 4.28. The molecule has 9 aromatic rings. The monoisotopic (exact) mass is 587 g/mol. The maximum absolute atomic E-state index is 5.16. The highest BCUT2D eigenvalue weighted by Gasteiger charge is 2.11. The van der Waals surface area contributed by atoms with Gasteiger partial charge in [-0.25, -0.2) is 19.9 Å². The molecule has 0 aliphatic carbocycles. The number of hydrogen-bond acceptors (Lipinski definition) is 5. The van der Waals surface area contributed by atoms with Crippen LogP contribution in [0.5, 0.6) is 0 Å². The summed E-state index contributed by atoms with van der Waals surface area (Å²) in [5.74, 6) is 0. The van der Waals surface area contributed by atoms with Crippen LogP contribution in [0, 0.1) is 0 Å². The van der Waals surface area contributed by atoms with Gasteiger partial charge >= 0.3 is 0 Å². The Labute approximate surface area is 264 Å². The number of rotatable bonds is 4. The van der Waals surface area contributed by atoms with Crippen LogP contribution >= 0.6 is 0 Å². The maximum atomic E-state index is 5.16. The molecule has 0 atom stereocenters. The van der Waals surface area contributed by atoms with Crippen LogP contribution in [0.4, 0.5) is 0 Å². The Morgan fingerprint density at radius 3 is 1.39 bits per heavy atom. The van der Waals surface area contributed by atoms with E-state index in [-0.39, 0.29) is 0 Å². The molecule has 46 heavy (non-hydrogen) atoms. The van der Waals surface area contributed by atoms with Gasteiger partial charge in [0.25, 0.3) is 0 Å². The zero-order valence-electron chi connectivity index (χ0n) is 24.7. The van der Waals surface area contributed by atoms with Crippen molar-refractivity contribution in [1.82, 2.24) is 24.9 Å². The van der Waals surface area contributed by atoms with Crippen LogP contribution in [0.25, 0.3) is 88.8 Å². The van der Waals surface area contributed by atoms with Gasteiger partial charge in [0.05, 0.1) is 50.5 Å². The molecule has 9 rings (SSSR count). The maximum Gasteiger partial charge on any atom is 0.0972 e. The molecular formula is C41H25N5. The fraction of sp³-hybridized carbons (Fsp3) is 0. The number of pyridine rings is 5. The molecule has 0 aliphatic rings. The van der Waals surface area contributed by atoms with Gasteiger partial charge in [-0.3, -0.25) is 4.98 Å². The van der Waals surface area contributed by atoms with E-state index in [2.05, 4.69) is 108 Å². The summed E-state index contributed by atoms with van der Waals surface area (Å²) in [5.41, 5.74) is 11.2. The summed E-state index contributed by atoms with van der Waals surface area (Å²) in [6.45, 7) is 0. The molecule has 5 nitrogen and oxygen atoms in total. The van der Waals surface area contributed by atoms with Gasteiger partial charge in [0.15, 0.2) is 0 Å². The highest BCUT2D eigenvalue weighted by molar-refractivity contribution is 6.04. The van der Waals surface area contributed by atoms with Crippen LogP contribution in [-0.2, 0) is 0 Å². The zero-order chi connectivity index (χ0) is 30.5. The molecule has 0 fully saturated rings. The molecular weight excluding hydrogens is 562 g/mol. The van der Waals surface area contributed by atoms with E-state index in [1.165, 1.54) is 0 Å². The lowest BCUT2D eigenvalue weighted by Gasteiger charge is -2.09. The SMILES string of the molecule is c1ccc(-c2ccc3ccc4ccc(-c5ccc6ccc(-c7ccc8ccc(-c9ccccn9)nc8c7)nc6c5)nc4c3n2)cc1. The van der Waals surface area contributed by atoms with E-state index >= 15 is 0 Å². The lowest BCUT2D eigenvalue weighted by atomic mass is 10.0. The van der Waals surface area contributed by atoms with Crippen LogP contribution < -0.4 is 0 Å². The minimum Gasteiger partial charge on any atom is -0.255 e. The van der Waals surface area contributed by atoms with Crippen LogP contribution in [0.15, 0.2) is 152 Å². The van der Waals surface area contributed by atoms with E-state index in [1.807, 2.05) is 42.5 Å². The summed E-state index contributed by atoms with van der Waals surface area (Å²) < 4.78 is 0. The largest absolute Gasteiger partial charge is 0.255 e. The molecule has 5 heterocycles. The van der Waals surface area contributed by atoms with Gasteiger partial charge in [-0.2, -0.15) is 0 Å². The van der Waals surface area contributed by atoms with Crippen LogP contribution in [0.2, 0.25) is 0 Å². The van der Waals surface area contributed by atoms with E-state index in [9.17, 15) is 0 Å². The van der Waals surface area contributed by atoms with E-state index < -0.39 is 0 Å². The van der Waals surface area contributed by atoms with Crippen LogP contribution in [0.3, 0.4) is 0 Å². The van der Waals surface area contributed by atoms with Crippen molar-refractivity contribution in [1.29, 1.82) is 0 Å². The quantitative estimate of drug-likeness (QED) is 0.192. The third-order valence-corrected chi connectivity index (χ3v) is 8.49. The van der Waals surface area contributed by atoms with Crippen molar-refractivity contribution in [2.24, 2.45) is 0 Å². The van der Waals surface area contributed by atoms with Crippen molar-refractivity contribution < 1.29 is 0 Å². The van der Waals surface area contributed by atoms with E-state index in [4.69, 9.17) is 19.9 Å². The Morgan fingerprint density at radius 2 is 0.783 bits per heavy atom. The molecule has 214 valence electrons. The lowest BCUT2D eigenvalue weighted by molar-refractivity contribution is 1.28. The summed E-state index contributed by atoms with van der Waals surface area (Å²) >= 11 is 0. The van der Waals surface area contributed by atoms with Crippen LogP contribution in [0.1, 0.15) is 0 Å². The van der Waals surface area contributed by atoms with Crippen molar-refractivity contribution in [2.75, 3.05) is 0 Å².